The zero-order chi connectivity index (χ0) is 17.6. The number of allylic oxidation sites excluding steroid dienone is 1. The molecular weight excluding hydrogens is 330 g/mol. The summed E-state index contributed by atoms with van der Waals surface area (Å²) < 4.78 is 10.1. The molecule has 2 atom stereocenters. The summed E-state index contributed by atoms with van der Waals surface area (Å²) in [5, 5.41) is 16.3. The van der Waals surface area contributed by atoms with Gasteiger partial charge >= 0.3 is 0 Å². The fourth-order valence-corrected chi connectivity index (χ4v) is 3.94. The summed E-state index contributed by atoms with van der Waals surface area (Å²) in [5.74, 6) is 0.917. The molecule has 1 saturated carbocycles. The predicted molar refractivity (Wildman–Crippen MR) is 96.2 cm³/mol. The number of nitrogens with one attached hydrogen (secondary N) is 1. The molecular formula is C18H27N7O. The molecule has 3 heterocycles. The molecule has 140 valence electrons. The van der Waals surface area contributed by atoms with Crippen LogP contribution in [-0.2, 0) is 11.3 Å². The van der Waals surface area contributed by atoms with Crippen LogP contribution < -0.4 is 5.32 Å². The number of imidazole rings is 1. The third-order valence-corrected chi connectivity index (χ3v) is 5.32. The van der Waals surface area contributed by atoms with Gasteiger partial charge in [-0.3, -0.25) is 0 Å². The van der Waals surface area contributed by atoms with E-state index in [4.69, 9.17) is 4.74 Å². The molecule has 8 nitrogen and oxygen atoms in total. The monoisotopic (exact) mass is 357 g/mol. The summed E-state index contributed by atoms with van der Waals surface area (Å²) >= 11 is 0. The van der Waals surface area contributed by atoms with Crippen LogP contribution >= 0.6 is 0 Å². The lowest BCUT2D eigenvalue weighted by Gasteiger charge is -2.29. The minimum Gasteiger partial charge on any atom is -0.496 e. The average Bonchev–Trinajstić information content (AvgIpc) is 3.44. The zero-order valence-corrected chi connectivity index (χ0v) is 15.1. The largest absolute Gasteiger partial charge is 0.496 e. The van der Waals surface area contributed by atoms with Crippen LogP contribution in [0.25, 0.3) is 0 Å². The molecule has 8 heteroatoms. The zero-order valence-electron chi connectivity index (χ0n) is 15.1. The van der Waals surface area contributed by atoms with Gasteiger partial charge in [-0.15, -0.1) is 5.10 Å². The molecule has 0 radical (unpaired) electrons. The maximum absolute atomic E-state index is 5.92. The number of nitrogens with zero attached hydrogens (tertiary/aromatic N) is 6. The Morgan fingerprint density at radius 1 is 1.27 bits per heavy atom. The van der Waals surface area contributed by atoms with Crippen molar-refractivity contribution in [1.29, 1.82) is 0 Å². The van der Waals surface area contributed by atoms with E-state index in [1.807, 2.05) is 29.7 Å². The van der Waals surface area contributed by atoms with E-state index in [2.05, 4.69) is 36.5 Å². The molecule has 2 aromatic rings. The first-order valence-corrected chi connectivity index (χ1v) is 9.69. The van der Waals surface area contributed by atoms with Crippen LogP contribution in [0.15, 0.2) is 31.1 Å². The van der Waals surface area contributed by atoms with Crippen LogP contribution in [-0.4, -0.2) is 42.4 Å². The molecule has 0 amide bonds. The van der Waals surface area contributed by atoms with E-state index in [-0.39, 0.29) is 12.1 Å². The summed E-state index contributed by atoms with van der Waals surface area (Å²) in [4.78, 5) is 4.09. The molecule has 26 heavy (non-hydrogen) atoms. The predicted octanol–water partition coefficient (Wildman–Crippen LogP) is 2.40. The van der Waals surface area contributed by atoms with Gasteiger partial charge in [-0.25, -0.2) is 9.67 Å². The molecule has 2 aliphatic rings. The molecule has 1 aliphatic heterocycles. The van der Waals surface area contributed by atoms with Crippen molar-refractivity contribution in [2.45, 2.75) is 69.7 Å². The first-order valence-electron chi connectivity index (χ1n) is 9.69. The fraction of sp³-hybridized carbons (Fsp3) is 0.667. The third kappa shape index (κ3) is 3.95. The Labute approximate surface area is 153 Å². The van der Waals surface area contributed by atoms with Crippen molar-refractivity contribution in [3.8, 4) is 0 Å². The van der Waals surface area contributed by atoms with E-state index < -0.39 is 0 Å². The minimum atomic E-state index is 0.0123. The van der Waals surface area contributed by atoms with Crippen LogP contribution in [0.2, 0.25) is 0 Å². The standard InChI is InChI=1S/C18H27N7O/c1-2-7-15(6-1)25-18(21-22-23-25)17(16-8-3-4-13-26-16)20-9-5-11-24-12-10-19-14-24/h4,10,12-17,20H,1-3,5-9,11H2/t16?,17-/m1/s1. The van der Waals surface area contributed by atoms with Crippen molar-refractivity contribution in [3.63, 3.8) is 0 Å². The van der Waals surface area contributed by atoms with E-state index in [1.165, 1.54) is 12.8 Å². The van der Waals surface area contributed by atoms with E-state index in [0.29, 0.717) is 6.04 Å². The Bertz CT molecular complexity index is 690. The Morgan fingerprint density at radius 2 is 2.19 bits per heavy atom. The number of hydrogen-bond acceptors (Lipinski definition) is 6. The summed E-state index contributed by atoms with van der Waals surface area (Å²) in [7, 11) is 0. The number of hydrogen-bond donors (Lipinski definition) is 1. The fourth-order valence-electron chi connectivity index (χ4n) is 3.94. The summed E-state index contributed by atoms with van der Waals surface area (Å²) in [6.07, 6.45) is 17.5. The van der Waals surface area contributed by atoms with Crippen molar-refractivity contribution in [2.24, 2.45) is 0 Å². The maximum Gasteiger partial charge on any atom is 0.172 e. The van der Waals surface area contributed by atoms with Gasteiger partial charge in [-0.05, 0) is 55.2 Å². The lowest BCUT2D eigenvalue weighted by atomic mass is 10.0. The lowest BCUT2D eigenvalue weighted by molar-refractivity contribution is 0.0795. The van der Waals surface area contributed by atoms with E-state index in [9.17, 15) is 0 Å². The third-order valence-electron chi connectivity index (χ3n) is 5.32. The van der Waals surface area contributed by atoms with Crippen molar-refractivity contribution < 1.29 is 4.74 Å². The van der Waals surface area contributed by atoms with Crippen molar-refractivity contribution in [1.82, 2.24) is 35.1 Å². The molecule has 2 aromatic heterocycles. The van der Waals surface area contributed by atoms with Crippen LogP contribution in [0, 0.1) is 0 Å². The molecule has 0 saturated heterocycles. The molecule has 1 aliphatic carbocycles. The van der Waals surface area contributed by atoms with Crippen molar-refractivity contribution >= 4 is 0 Å². The normalized spacial score (nSPS) is 21.8. The highest BCUT2D eigenvalue weighted by Crippen LogP contribution is 2.32. The number of aromatic nitrogens is 6. The van der Waals surface area contributed by atoms with Gasteiger partial charge in [-0.2, -0.15) is 0 Å². The molecule has 0 aromatic carbocycles. The Kier molecular flexibility index (Phi) is 5.59. The highest BCUT2D eigenvalue weighted by atomic mass is 16.5. The molecule has 0 spiro atoms. The minimum absolute atomic E-state index is 0.0123. The summed E-state index contributed by atoms with van der Waals surface area (Å²) in [5.41, 5.74) is 0. The van der Waals surface area contributed by atoms with Gasteiger partial charge in [0.2, 0.25) is 0 Å². The van der Waals surface area contributed by atoms with Crippen molar-refractivity contribution in [2.75, 3.05) is 6.54 Å². The van der Waals surface area contributed by atoms with Gasteiger partial charge < -0.3 is 14.6 Å². The smallest absolute Gasteiger partial charge is 0.172 e. The van der Waals surface area contributed by atoms with Gasteiger partial charge in [0.15, 0.2) is 5.82 Å². The SMILES string of the molecule is C1=COC([C@@H](NCCCn2ccnc2)c2nnnn2C2CCCC2)CC1. The Morgan fingerprint density at radius 3 is 2.96 bits per heavy atom. The maximum atomic E-state index is 5.92. The van der Waals surface area contributed by atoms with Gasteiger partial charge in [-0.1, -0.05) is 12.8 Å². The summed E-state index contributed by atoms with van der Waals surface area (Å²) in [6, 6.07) is 0.438. The van der Waals surface area contributed by atoms with Crippen LogP contribution in [0.5, 0.6) is 0 Å². The van der Waals surface area contributed by atoms with Crippen molar-refractivity contribution in [3.05, 3.63) is 36.9 Å². The molecule has 1 unspecified atom stereocenters. The molecule has 1 fully saturated rings. The topological polar surface area (TPSA) is 82.7 Å². The van der Waals surface area contributed by atoms with E-state index >= 15 is 0 Å². The second-order valence-electron chi connectivity index (χ2n) is 7.13. The van der Waals surface area contributed by atoms with Crippen LogP contribution in [0.4, 0.5) is 0 Å². The van der Waals surface area contributed by atoms with Crippen LogP contribution in [0.1, 0.15) is 62.9 Å². The highest BCUT2D eigenvalue weighted by molar-refractivity contribution is 5.01. The van der Waals surface area contributed by atoms with Gasteiger partial charge in [0.25, 0.3) is 0 Å². The Hall–Kier alpha value is -2.22. The second kappa shape index (κ2) is 8.44. The average molecular weight is 357 g/mol. The van der Waals surface area contributed by atoms with Gasteiger partial charge in [0.05, 0.1) is 18.6 Å². The Balaban J connectivity index is 1.44. The lowest BCUT2D eigenvalue weighted by Crippen LogP contribution is -2.37. The van der Waals surface area contributed by atoms with Crippen LogP contribution in [0.3, 0.4) is 0 Å². The van der Waals surface area contributed by atoms with E-state index in [1.54, 1.807) is 0 Å². The first kappa shape index (κ1) is 17.2. The highest BCUT2D eigenvalue weighted by Gasteiger charge is 2.32. The van der Waals surface area contributed by atoms with Gasteiger partial charge in [0, 0.05) is 18.9 Å². The number of tetrazole rings is 1. The molecule has 4 rings (SSSR count). The van der Waals surface area contributed by atoms with Gasteiger partial charge in [0.1, 0.15) is 12.1 Å². The first-order chi connectivity index (χ1) is 12.9. The number of aryl methyl sites for hydroxylation is 1. The molecule has 0 bridgehead atoms. The summed E-state index contributed by atoms with van der Waals surface area (Å²) in [6.45, 7) is 1.82. The quantitative estimate of drug-likeness (QED) is 0.731. The second-order valence-corrected chi connectivity index (χ2v) is 7.13. The molecule has 1 N–H and O–H groups in total. The number of ether oxygens (including phenoxy) is 1. The number of rotatable bonds is 8. The van der Waals surface area contributed by atoms with E-state index in [0.717, 1.165) is 51.0 Å².